The number of benzene rings is 1. The van der Waals surface area contributed by atoms with Crippen LogP contribution in [0.4, 0.5) is 0 Å². The van der Waals surface area contributed by atoms with E-state index in [0.717, 1.165) is 5.56 Å². The first kappa shape index (κ1) is 16.0. The minimum Gasteiger partial charge on any atom is -0.354 e. The summed E-state index contributed by atoms with van der Waals surface area (Å²) >= 11 is 11.8. The summed E-state index contributed by atoms with van der Waals surface area (Å²) in [6, 6.07) is 5.06. The van der Waals surface area contributed by atoms with Gasteiger partial charge in [0.1, 0.15) is 0 Å². The third-order valence-corrected chi connectivity index (χ3v) is 2.91. The van der Waals surface area contributed by atoms with Gasteiger partial charge in [0.25, 0.3) is 0 Å². The molecule has 19 heavy (non-hydrogen) atoms. The number of hydrogen-bond donors (Lipinski definition) is 1. The van der Waals surface area contributed by atoms with E-state index >= 15 is 0 Å². The van der Waals surface area contributed by atoms with Crippen molar-refractivity contribution in [2.75, 3.05) is 20.8 Å². The largest absolute Gasteiger partial charge is 0.354 e. The summed E-state index contributed by atoms with van der Waals surface area (Å²) in [6.45, 7) is 0.268. The van der Waals surface area contributed by atoms with Crippen LogP contribution in [0.2, 0.25) is 10.0 Å². The van der Waals surface area contributed by atoms with Crippen LogP contribution in [0, 0.1) is 0 Å². The molecule has 0 spiro atoms. The zero-order valence-corrected chi connectivity index (χ0v) is 12.2. The van der Waals surface area contributed by atoms with Gasteiger partial charge < -0.3 is 14.8 Å². The molecule has 1 N–H and O–H groups in total. The predicted octanol–water partition coefficient (Wildman–Crippen LogP) is 2.74. The van der Waals surface area contributed by atoms with Crippen molar-refractivity contribution in [3.05, 3.63) is 39.9 Å². The summed E-state index contributed by atoms with van der Waals surface area (Å²) in [6.07, 6.45) is 2.54. The number of halogens is 2. The lowest BCUT2D eigenvalue weighted by Gasteiger charge is -2.12. The van der Waals surface area contributed by atoms with Gasteiger partial charge in [0.15, 0.2) is 6.29 Å². The molecule has 0 atom stereocenters. The summed E-state index contributed by atoms with van der Waals surface area (Å²) in [5.41, 5.74) is 0.719. The Kier molecular flexibility index (Phi) is 6.87. The van der Waals surface area contributed by atoms with Crippen molar-refractivity contribution in [2.45, 2.75) is 6.29 Å². The van der Waals surface area contributed by atoms with Crippen molar-refractivity contribution in [1.82, 2.24) is 5.32 Å². The molecule has 1 aromatic rings. The monoisotopic (exact) mass is 303 g/mol. The summed E-state index contributed by atoms with van der Waals surface area (Å²) in [5, 5.41) is 3.68. The Bertz CT molecular complexity index is 459. The Morgan fingerprint density at radius 3 is 2.63 bits per heavy atom. The standard InChI is InChI=1S/C13H15Cl2NO3/c1-18-13(19-2)8-16-12(17)6-4-9-3-5-10(14)7-11(9)15/h3-7,13H,8H2,1-2H3,(H,16,17)/b6-4+. The van der Waals surface area contributed by atoms with Gasteiger partial charge >= 0.3 is 0 Å². The highest BCUT2D eigenvalue weighted by molar-refractivity contribution is 6.35. The van der Waals surface area contributed by atoms with Crippen LogP contribution < -0.4 is 5.32 Å². The van der Waals surface area contributed by atoms with E-state index in [1.165, 1.54) is 20.3 Å². The molecule has 0 saturated carbocycles. The van der Waals surface area contributed by atoms with E-state index in [1.807, 2.05) is 0 Å². The molecule has 0 aliphatic rings. The lowest BCUT2D eigenvalue weighted by atomic mass is 10.2. The zero-order valence-electron chi connectivity index (χ0n) is 10.7. The fraction of sp³-hybridized carbons (Fsp3) is 0.308. The van der Waals surface area contributed by atoms with E-state index in [-0.39, 0.29) is 12.5 Å². The van der Waals surface area contributed by atoms with Gasteiger partial charge in [0.05, 0.1) is 6.54 Å². The second kappa shape index (κ2) is 8.17. The van der Waals surface area contributed by atoms with E-state index in [1.54, 1.807) is 24.3 Å². The highest BCUT2D eigenvalue weighted by atomic mass is 35.5. The Morgan fingerprint density at radius 2 is 2.05 bits per heavy atom. The maximum Gasteiger partial charge on any atom is 0.244 e. The first-order valence-corrected chi connectivity index (χ1v) is 6.29. The Labute approximate surface area is 122 Å². The third-order valence-electron chi connectivity index (χ3n) is 2.35. The molecule has 0 aromatic heterocycles. The van der Waals surface area contributed by atoms with Crippen LogP contribution >= 0.6 is 23.2 Å². The second-order valence-corrected chi connectivity index (χ2v) is 4.49. The molecule has 1 rings (SSSR count). The van der Waals surface area contributed by atoms with Crippen LogP contribution in [-0.4, -0.2) is 33.0 Å². The van der Waals surface area contributed by atoms with Crippen molar-refractivity contribution in [3.63, 3.8) is 0 Å². The van der Waals surface area contributed by atoms with Gasteiger partial charge in [-0.25, -0.2) is 0 Å². The second-order valence-electron chi connectivity index (χ2n) is 3.65. The molecule has 0 saturated heterocycles. The molecular weight excluding hydrogens is 289 g/mol. The lowest BCUT2D eigenvalue weighted by Crippen LogP contribution is -2.33. The number of hydrogen-bond acceptors (Lipinski definition) is 3. The summed E-state index contributed by atoms with van der Waals surface area (Å²) in [7, 11) is 3.01. The molecule has 0 bridgehead atoms. The normalized spacial score (nSPS) is 11.2. The molecule has 1 aromatic carbocycles. The van der Waals surface area contributed by atoms with E-state index in [2.05, 4.69) is 5.32 Å². The third kappa shape index (κ3) is 5.61. The average molecular weight is 304 g/mol. The van der Waals surface area contributed by atoms with Crippen molar-refractivity contribution in [2.24, 2.45) is 0 Å². The van der Waals surface area contributed by atoms with Gasteiger partial charge in [-0.3, -0.25) is 4.79 Å². The highest BCUT2D eigenvalue weighted by Crippen LogP contribution is 2.21. The van der Waals surface area contributed by atoms with E-state index in [0.29, 0.717) is 10.0 Å². The van der Waals surface area contributed by atoms with Crippen LogP contribution in [0.3, 0.4) is 0 Å². The first-order chi connectivity index (χ1) is 9.06. The smallest absolute Gasteiger partial charge is 0.244 e. The first-order valence-electron chi connectivity index (χ1n) is 5.53. The molecule has 6 heteroatoms. The quantitative estimate of drug-likeness (QED) is 0.649. The summed E-state index contributed by atoms with van der Waals surface area (Å²) in [4.78, 5) is 11.6. The molecular formula is C13H15Cl2NO3. The number of carbonyl (C=O) groups is 1. The molecule has 0 unspecified atom stereocenters. The van der Waals surface area contributed by atoms with Crippen LogP contribution in [0.5, 0.6) is 0 Å². The predicted molar refractivity (Wildman–Crippen MR) is 76.3 cm³/mol. The molecule has 0 heterocycles. The number of rotatable bonds is 6. The Hall–Kier alpha value is -1.07. The van der Waals surface area contributed by atoms with Crippen molar-refractivity contribution < 1.29 is 14.3 Å². The average Bonchev–Trinajstić information content (AvgIpc) is 2.39. The number of nitrogens with one attached hydrogen (secondary N) is 1. The van der Waals surface area contributed by atoms with Gasteiger partial charge in [-0.15, -0.1) is 0 Å². The molecule has 0 aliphatic carbocycles. The lowest BCUT2D eigenvalue weighted by molar-refractivity contribution is -0.123. The summed E-state index contributed by atoms with van der Waals surface area (Å²) in [5.74, 6) is -0.259. The molecule has 0 fully saturated rings. The van der Waals surface area contributed by atoms with E-state index in [4.69, 9.17) is 32.7 Å². The van der Waals surface area contributed by atoms with Gasteiger partial charge in [-0.1, -0.05) is 29.3 Å². The molecule has 104 valence electrons. The van der Waals surface area contributed by atoms with Crippen molar-refractivity contribution in [3.8, 4) is 0 Å². The minimum absolute atomic E-state index is 0.259. The van der Waals surface area contributed by atoms with E-state index in [9.17, 15) is 4.79 Å². The number of methoxy groups -OCH3 is 2. The van der Waals surface area contributed by atoms with Gasteiger partial charge in [-0.05, 0) is 23.8 Å². The number of carbonyl (C=O) groups excluding carboxylic acids is 1. The maximum absolute atomic E-state index is 11.6. The van der Waals surface area contributed by atoms with Crippen LogP contribution in [0.15, 0.2) is 24.3 Å². The van der Waals surface area contributed by atoms with Gasteiger partial charge in [0, 0.05) is 30.3 Å². The molecule has 1 amide bonds. The van der Waals surface area contributed by atoms with E-state index < -0.39 is 6.29 Å². The summed E-state index contributed by atoms with van der Waals surface area (Å²) < 4.78 is 9.90. The number of amides is 1. The zero-order chi connectivity index (χ0) is 14.3. The maximum atomic E-state index is 11.6. The van der Waals surface area contributed by atoms with Crippen molar-refractivity contribution >= 4 is 35.2 Å². The minimum atomic E-state index is -0.462. The Balaban J connectivity index is 2.54. The van der Waals surface area contributed by atoms with Gasteiger partial charge in [0.2, 0.25) is 5.91 Å². The highest BCUT2D eigenvalue weighted by Gasteiger charge is 2.05. The topological polar surface area (TPSA) is 47.6 Å². The van der Waals surface area contributed by atoms with Crippen LogP contribution in [-0.2, 0) is 14.3 Å². The van der Waals surface area contributed by atoms with Gasteiger partial charge in [-0.2, -0.15) is 0 Å². The molecule has 0 radical (unpaired) electrons. The number of ether oxygens (including phenoxy) is 2. The van der Waals surface area contributed by atoms with Crippen LogP contribution in [0.25, 0.3) is 6.08 Å². The fourth-order valence-corrected chi connectivity index (χ4v) is 1.78. The Morgan fingerprint density at radius 1 is 1.37 bits per heavy atom. The molecule has 0 aliphatic heterocycles. The fourth-order valence-electron chi connectivity index (χ4n) is 1.31. The van der Waals surface area contributed by atoms with Crippen LogP contribution in [0.1, 0.15) is 5.56 Å². The molecule has 4 nitrogen and oxygen atoms in total. The van der Waals surface area contributed by atoms with Crippen molar-refractivity contribution in [1.29, 1.82) is 0 Å². The SMILES string of the molecule is COC(CNC(=O)/C=C/c1ccc(Cl)cc1Cl)OC.